The molecule has 0 spiro atoms. The van der Waals surface area contributed by atoms with Gasteiger partial charge >= 0.3 is 0 Å². The number of rotatable bonds is 7. The molecule has 0 aromatic heterocycles. The average Bonchev–Trinajstić information content (AvgIpc) is 2.11. The molecule has 0 saturated heterocycles. The van der Waals surface area contributed by atoms with Crippen molar-refractivity contribution in [1.82, 2.24) is 4.90 Å². The van der Waals surface area contributed by atoms with Crippen molar-refractivity contribution in [2.24, 2.45) is 11.7 Å². The standard InChI is InChI=1S/C11H26N2/c1-5-7-8-9-10(6-2)11(12)13(3)4/h10-11H,5-9,12H2,1-4H3/t10?,11-/m1/s1. The molecule has 1 unspecified atom stereocenters. The van der Waals surface area contributed by atoms with Gasteiger partial charge in [-0.05, 0) is 26.4 Å². The Morgan fingerprint density at radius 3 is 2.15 bits per heavy atom. The molecule has 0 heterocycles. The van der Waals surface area contributed by atoms with E-state index in [0.717, 1.165) is 0 Å². The first-order chi connectivity index (χ1) is 6.13. The van der Waals surface area contributed by atoms with Crippen molar-refractivity contribution in [3.63, 3.8) is 0 Å². The number of unbranched alkanes of at least 4 members (excludes halogenated alkanes) is 2. The second-order valence-electron chi connectivity index (χ2n) is 4.12. The molecule has 0 aliphatic heterocycles. The maximum absolute atomic E-state index is 6.08. The van der Waals surface area contributed by atoms with E-state index in [4.69, 9.17) is 5.73 Å². The summed E-state index contributed by atoms with van der Waals surface area (Å²) >= 11 is 0. The van der Waals surface area contributed by atoms with Gasteiger partial charge in [0, 0.05) is 0 Å². The van der Waals surface area contributed by atoms with Crippen molar-refractivity contribution in [3.8, 4) is 0 Å². The molecular weight excluding hydrogens is 160 g/mol. The SMILES string of the molecule is CCCCCC(CC)[C@H](N)N(C)C. The summed E-state index contributed by atoms with van der Waals surface area (Å²) in [6, 6.07) is 0. The number of hydrogen-bond donors (Lipinski definition) is 1. The number of hydrogen-bond acceptors (Lipinski definition) is 2. The van der Waals surface area contributed by atoms with Gasteiger partial charge in [-0.1, -0.05) is 39.5 Å². The minimum absolute atomic E-state index is 0.238. The summed E-state index contributed by atoms with van der Waals surface area (Å²) in [5.74, 6) is 0.668. The first kappa shape index (κ1) is 12.9. The molecule has 0 aliphatic carbocycles. The van der Waals surface area contributed by atoms with Crippen molar-refractivity contribution in [1.29, 1.82) is 0 Å². The van der Waals surface area contributed by atoms with Gasteiger partial charge in [0.05, 0.1) is 6.17 Å². The highest BCUT2D eigenvalue weighted by atomic mass is 15.2. The van der Waals surface area contributed by atoms with E-state index in [2.05, 4.69) is 32.8 Å². The monoisotopic (exact) mass is 186 g/mol. The molecular formula is C11H26N2. The second-order valence-corrected chi connectivity index (χ2v) is 4.12. The first-order valence-electron chi connectivity index (χ1n) is 5.55. The van der Waals surface area contributed by atoms with Crippen LogP contribution in [0.4, 0.5) is 0 Å². The van der Waals surface area contributed by atoms with Crippen LogP contribution in [0.25, 0.3) is 0 Å². The largest absolute Gasteiger partial charge is 0.316 e. The van der Waals surface area contributed by atoms with Crippen LogP contribution in [0.1, 0.15) is 46.0 Å². The van der Waals surface area contributed by atoms with Gasteiger partial charge in [-0.25, -0.2) is 0 Å². The predicted molar refractivity (Wildman–Crippen MR) is 59.6 cm³/mol. The van der Waals surface area contributed by atoms with Gasteiger partial charge < -0.3 is 5.73 Å². The zero-order valence-corrected chi connectivity index (χ0v) is 9.71. The topological polar surface area (TPSA) is 29.3 Å². The van der Waals surface area contributed by atoms with Gasteiger partial charge in [-0.2, -0.15) is 0 Å². The van der Waals surface area contributed by atoms with E-state index >= 15 is 0 Å². The van der Waals surface area contributed by atoms with Crippen LogP contribution >= 0.6 is 0 Å². The van der Waals surface area contributed by atoms with Crippen LogP contribution in [-0.4, -0.2) is 25.2 Å². The Kier molecular flexibility index (Phi) is 7.29. The predicted octanol–water partition coefficient (Wildman–Crippen LogP) is 2.44. The lowest BCUT2D eigenvalue weighted by atomic mass is 9.95. The molecule has 0 radical (unpaired) electrons. The zero-order valence-electron chi connectivity index (χ0n) is 9.71. The van der Waals surface area contributed by atoms with Gasteiger partial charge in [0.15, 0.2) is 0 Å². The molecule has 80 valence electrons. The molecule has 0 fully saturated rings. The molecule has 0 saturated carbocycles. The summed E-state index contributed by atoms with van der Waals surface area (Å²) in [5.41, 5.74) is 6.08. The van der Waals surface area contributed by atoms with Crippen LogP contribution in [0.3, 0.4) is 0 Å². The summed E-state index contributed by atoms with van der Waals surface area (Å²) in [6.07, 6.45) is 6.69. The maximum atomic E-state index is 6.08. The lowest BCUT2D eigenvalue weighted by Gasteiger charge is -2.28. The van der Waals surface area contributed by atoms with Crippen LogP contribution in [0.2, 0.25) is 0 Å². The Morgan fingerprint density at radius 2 is 1.77 bits per heavy atom. The van der Waals surface area contributed by atoms with Gasteiger partial charge in [0.1, 0.15) is 0 Å². The van der Waals surface area contributed by atoms with E-state index in [1.165, 1.54) is 32.1 Å². The Morgan fingerprint density at radius 1 is 1.15 bits per heavy atom. The second kappa shape index (κ2) is 7.34. The lowest BCUT2D eigenvalue weighted by molar-refractivity contribution is 0.197. The molecule has 0 aromatic carbocycles. The average molecular weight is 186 g/mol. The van der Waals surface area contributed by atoms with E-state index in [0.29, 0.717) is 5.92 Å². The minimum atomic E-state index is 0.238. The fraction of sp³-hybridized carbons (Fsp3) is 1.00. The van der Waals surface area contributed by atoms with Crippen LogP contribution < -0.4 is 5.73 Å². The molecule has 2 N–H and O–H groups in total. The third kappa shape index (κ3) is 5.27. The van der Waals surface area contributed by atoms with E-state index in [9.17, 15) is 0 Å². The Labute approximate surface area is 83.5 Å². The molecule has 0 amide bonds. The van der Waals surface area contributed by atoms with Crippen molar-refractivity contribution >= 4 is 0 Å². The van der Waals surface area contributed by atoms with Crippen molar-refractivity contribution in [2.45, 2.75) is 52.1 Å². The molecule has 0 aliphatic rings. The van der Waals surface area contributed by atoms with Crippen LogP contribution in [0.15, 0.2) is 0 Å². The van der Waals surface area contributed by atoms with E-state index in [1.54, 1.807) is 0 Å². The van der Waals surface area contributed by atoms with Gasteiger partial charge in [0.25, 0.3) is 0 Å². The molecule has 0 bridgehead atoms. The summed E-state index contributed by atoms with van der Waals surface area (Å²) in [5, 5.41) is 0. The Bertz CT molecular complexity index is 113. The van der Waals surface area contributed by atoms with Crippen LogP contribution in [0.5, 0.6) is 0 Å². The minimum Gasteiger partial charge on any atom is -0.316 e. The van der Waals surface area contributed by atoms with E-state index < -0.39 is 0 Å². The van der Waals surface area contributed by atoms with Gasteiger partial charge in [0.2, 0.25) is 0 Å². The Balaban J connectivity index is 3.73. The molecule has 2 heteroatoms. The molecule has 2 atom stereocenters. The molecule has 13 heavy (non-hydrogen) atoms. The van der Waals surface area contributed by atoms with E-state index in [1.807, 2.05) is 0 Å². The molecule has 2 nitrogen and oxygen atoms in total. The van der Waals surface area contributed by atoms with Crippen LogP contribution in [0, 0.1) is 5.92 Å². The smallest absolute Gasteiger partial charge is 0.0595 e. The first-order valence-corrected chi connectivity index (χ1v) is 5.55. The van der Waals surface area contributed by atoms with Gasteiger partial charge in [-0.3, -0.25) is 4.90 Å². The summed E-state index contributed by atoms with van der Waals surface area (Å²) < 4.78 is 0. The highest BCUT2D eigenvalue weighted by Crippen LogP contribution is 2.17. The highest BCUT2D eigenvalue weighted by Gasteiger charge is 2.16. The fourth-order valence-corrected chi connectivity index (χ4v) is 1.69. The van der Waals surface area contributed by atoms with Crippen molar-refractivity contribution < 1.29 is 0 Å². The van der Waals surface area contributed by atoms with Crippen LogP contribution in [-0.2, 0) is 0 Å². The normalized spacial score (nSPS) is 16.2. The lowest BCUT2D eigenvalue weighted by Crippen LogP contribution is -2.42. The summed E-state index contributed by atoms with van der Waals surface area (Å²) in [4.78, 5) is 2.13. The molecule has 0 rings (SSSR count). The third-order valence-corrected chi connectivity index (χ3v) is 2.78. The Hall–Kier alpha value is -0.0800. The maximum Gasteiger partial charge on any atom is 0.0595 e. The van der Waals surface area contributed by atoms with Gasteiger partial charge in [-0.15, -0.1) is 0 Å². The van der Waals surface area contributed by atoms with Crippen molar-refractivity contribution in [2.75, 3.05) is 14.1 Å². The summed E-state index contributed by atoms with van der Waals surface area (Å²) in [6.45, 7) is 4.48. The van der Waals surface area contributed by atoms with Crippen molar-refractivity contribution in [3.05, 3.63) is 0 Å². The third-order valence-electron chi connectivity index (χ3n) is 2.78. The number of nitrogens with zero attached hydrogens (tertiary/aromatic N) is 1. The quantitative estimate of drug-likeness (QED) is 0.489. The molecule has 0 aromatic rings. The fourth-order valence-electron chi connectivity index (χ4n) is 1.69. The number of nitrogens with two attached hydrogens (primary N) is 1. The highest BCUT2D eigenvalue weighted by molar-refractivity contribution is 4.69. The van der Waals surface area contributed by atoms with E-state index in [-0.39, 0.29) is 6.17 Å². The summed E-state index contributed by atoms with van der Waals surface area (Å²) in [7, 11) is 4.13. The zero-order chi connectivity index (χ0) is 10.3.